The van der Waals surface area contributed by atoms with Crippen LogP contribution in [0.5, 0.6) is 5.75 Å². The van der Waals surface area contributed by atoms with Crippen LogP contribution in [-0.2, 0) is 4.79 Å². The van der Waals surface area contributed by atoms with Gasteiger partial charge >= 0.3 is 12.1 Å². The van der Waals surface area contributed by atoms with E-state index in [1.807, 2.05) is 0 Å². The number of phenolic OH excluding ortho intramolecular Hbond substituents is 1. The van der Waals surface area contributed by atoms with Crippen molar-refractivity contribution in [2.45, 2.75) is 6.18 Å². The van der Waals surface area contributed by atoms with Gasteiger partial charge in [-0.1, -0.05) is 0 Å². The van der Waals surface area contributed by atoms with E-state index < -0.39 is 31.1 Å². The van der Waals surface area contributed by atoms with Crippen LogP contribution in [-0.4, -0.2) is 46.3 Å². The van der Waals surface area contributed by atoms with Crippen LogP contribution < -0.4 is 0 Å². The smallest absolute Gasteiger partial charge is 0.406 e. The van der Waals surface area contributed by atoms with E-state index in [0.717, 1.165) is 6.07 Å². The number of amides is 1. The van der Waals surface area contributed by atoms with Crippen LogP contribution in [0.25, 0.3) is 0 Å². The SMILES string of the molecule is O=C(O)CN(CC(F)(F)F)C(=O)c1ccc(Br)c(O)c1. The largest absolute Gasteiger partial charge is 0.507 e. The molecule has 0 unspecified atom stereocenters. The molecular weight excluding hydrogens is 347 g/mol. The van der Waals surface area contributed by atoms with Gasteiger partial charge in [0.25, 0.3) is 5.91 Å². The lowest BCUT2D eigenvalue weighted by Crippen LogP contribution is -2.42. The number of hydrogen-bond acceptors (Lipinski definition) is 3. The molecule has 0 radical (unpaired) electrons. The molecule has 0 saturated carbocycles. The Bertz CT molecular complexity index is 533. The highest BCUT2D eigenvalue weighted by atomic mass is 79.9. The first-order chi connectivity index (χ1) is 9.10. The van der Waals surface area contributed by atoms with Gasteiger partial charge in [0.2, 0.25) is 0 Å². The van der Waals surface area contributed by atoms with Crippen LogP contribution in [0.4, 0.5) is 13.2 Å². The van der Waals surface area contributed by atoms with Gasteiger partial charge in [-0.25, -0.2) is 0 Å². The summed E-state index contributed by atoms with van der Waals surface area (Å²) in [6.45, 7) is -2.77. The van der Waals surface area contributed by atoms with Crippen molar-refractivity contribution < 1.29 is 33.0 Å². The zero-order valence-corrected chi connectivity index (χ0v) is 11.4. The first-order valence-electron chi connectivity index (χ1n) is 5.16. The van der Waals surface area contributed by atoms with Gasteiger partial charge in [-0.2, -0.15) is 13.2 Å². The minimum absolute atomic E-state index is 0.144. The lowest BCUT2D eigenvalue weighted by Gasteiger charge is -2.22. The molecule has 0 saturated heterocycles. The molecule has 0 aliphatic heterocycles. The second-order valence-corrected chi connectivity index (χ2v) is 4.69. The van der Waals surface area contributed by atoms with Gasteiger partial charge in [-0.15, -0.1) is 0 Å². The van der Waals surface area contributed by atoms with Gasteiger partial charge in [0.1, 0.15) is 18.8 Å². The van der Waals surface area contributed by atoms with Crippen molar-refractivity contribution in [3.63, 3.8) is 0 Å². The summed E-state index contributed by atoms with van der Waals surface area (Å²) >= 11 is 2.96. The number of alkyl halides is 3. The normalized spacial score (nSPS) is 11.2. The molecule has 0 aromatic heterocycles. The molecule has 9 heteroatoms. The Hall–Kier alpha value is -1.77. The molecule has 0 aliphatic rings. The predicted octanol–water partition coefficient (Wildman–Crippen LogP) is 2.24. The van der Waals surface area contributed by atoms with Crippen molar-refractivity contribution in [2.24, 2.45) is 0 Å². The Labute approximate surface area is 119 Å². The fourth-order valence-corrected chi connectivity index (χ4v) is 1.65. The third kappa shape index (κ3) is 4.72. The van der Waals surface area contributed by atoms with E-state index in [4.69, 9.17) is 5.11 Å². The Morgan fingerprint density at radius 1 is 1.30 bits per heavy atom. The number of carbonyl (C=O) groups excluding carboxylic acids is 1. The average Bonchev–Trinajstić information content (AvgIpc) is 2.28. The number of rotatable bonds is 4. The minimum atomic E-state index is -4.72. The molecule has 20 heavy (non-hydrogen) atoms. The third-order valence-corrected chi connectivity index (χ3v) is 2.85. The second-order valence-electron chi connectivity index (χ2n) is 3.84. The van der Waals surface area contributed by atoms with Crippen LogP contribution in [0.1, 0.15) is 10.4 Å². The summed E-state index contributed by atoms with van der Waals surface area (Å²) in [5.74, 6) is -3.03. The maximum atomic E-state index is 12.3. The van der Waals surface area contributed by atoms with Crippen LogP contribution >= 0.6 is 15.9 Å². The molecule has 0 aliphatic carbocycles. The fraction of sp³-hybridized carbons (Fsp3) is 0.273. The molecule has 1 amide bonds. The summed E-state index contributed by atoms with van der Waals surface area (Å²) in [5, 5.41) is 17.9. The zero-order chi connectivity index (χ0) is 15.5. The predicted molar refractivity (Wildman–Crippen MR) is 65.4 cm³/mol. The van der Waals surface area contributed by atoms with E-state index in [1.54, 1.807) is 0 Å². The highest BCUT2D eigenvalue weighted by molar-refractivity contribution is 9.10. The number of hydrogen-bond donors (Lipinski definition) is 2. The van der Waals surface area contributed by atoms with Crippen molar-refractivity contribution >= 4 is 27.8 Å². The van der Waals surface area contributed by atoms with Crippen molar-refractivity contribution in [1.29, 1.82) is 0 Å². The monoisotopic (exact) mass is 355 g/mol. The molecule has 1 aromatic rings. The Morgan fingerprint density at radius 2 is 1.90 bits per heavy atom. The Morgan fingerprint density at radius 3 is 2.35 bits per heavy atom. The van der Waals surface area contributed by atoms with E-state index in [2.05, 4.69) is 15.9 Å². The number of nitrogens with zero attached hydrogens (tertiary/aromatic N) is 1. The average molecular weight is 356 g/mol. The molecule has 1 aromatic carbocycles. The number of aromatic hydroxyl groups is 1. The van der Waals surface area contributed by atoms with Crippen LogP contribution in [0.15, 0.2) is 22.7 Å². The number of carboxylic acid groups (broad SMARTS) is 1. The van der Waals surface area contributed by atoms with Crippen molar-refractivity contribution in [3.8, 4) is 5.75 Å². The van der Waals surface area contributed by atoms with Gasteiger partial charge in [-0.05, 0) is 34.1 Å². The van der Waals surface area contributed by atoms with E-state index in [0.29, 0.717) is 0 Å². The first kappa shape index (κ1) is 16.3. The number of carboxylic acids is 1. The van der Waals surface area contributed by atoms with Crippen molar-refractivity contribution in [2.75, 3.05) is 13.1 Å². The molecule has 0 bridgehead atoms. The number of benzene rings is 1. The number of halogens is 4. The molecule has 2 N–H and O–H groups in total. The highest BCUT2D eigenvalue weighted by Gasteiger charge is 2.34. The molecule has 0 atom stereocenters. The molecule has 0 spiro atoms. The molecule has 1 rings (SSSR count). The number of carbonyl (C=O) groups is 2. The Balaban J connectivity index is 3.02. The maximum absolute atomic E-state index is 12.3. The molecular formula is C11H9BrF3NO4. The van der Waals surface area contributed by atoms with Gasteiger partial charge in [0.15, 0.2) is 0 Å². The van der Waals surface area contributed by atoms with Gasteiger partial charge in [0.05, 0.1) is 4.47 Å². The lowest BCUT2D eigenvalue weighted by molar-refractivity contribution is -0.149. The summed E-state index contributed by atoms with van der Waals surface area (Å²) < 4.78 is 37.3. The van der Waals surface area contributed by atoms with Crippen LogP contribution in [0.2, 0.25) is 0 Å². The first-order valence-corrected chi connectivity index (χ1v) is 5.96. The Kier molecular flexibility index (Phi) is 4.98. The number of phenols is 1. The molecule has 5 nitrogen and oxygen atoms in total. The standard InChI is InChI=1S/C11H9BrF3NO4/c12-7-2-1-6(3-8(7)17)10(20)16(4-9(18)19)5-11(13,14)15/h1-3,17H,4-5H2,(H,18,19). The fourth-order valence-electron chi connectivity index (χ4n) is 1.41. The maximum Gasteiger partial charge on any atom is 0.406 e. The van der Waals surface area contributed by atoms with E-state index in [-0.39, 0.29) is 20.7 Å². The van der Waals surface area contributed by atoms with Crippen LogP contribution in [0, 0.1) is 0 Å². The van der Waals surface area contributed by atoms with Gasteiger partial charge in [0, 0.05) is 5.56 Å². The molecule has 0 fully saturated rings. The zero-order valence-electron chi connectivity index (χ0n) is 9.82. The van der Waals surface area contributed by atoms with Gasteiger partial charge < -0.3 is 15.1 Å². The van der Waals surface area contributed by atoms with Crippen molar-refractivity contribution in [3.05, 3.63) is 28.2 Å². The topological polar surface area (TPSA) is 77.8 Å². The summed E-state index contributed by atoms with van der Waals surface area (Å²) in [5.41, 5.74) is -0.240. The quantitative estimate of drug-likeness (QED) is 0.868. The molecule has 110 valence electrons. The van der Waals surface area contributed by atoms with E-state index >= 15 is 0 Å². The van der Waals surface area contributed by atoms with Crippen molar-refractivity contribution in [1.82, 2.24) is 4.90 Å². The third-order valence-electron chi connectivity index (χ3n) is 2.18. The summed E-state index contributed by atoms with van der Waals surface area (Å²) in [4.78, 5) is 22.5. The highest BCUT2D eigenvalue weighted by Crippen LogP contribution is 2.25. The summed E-state index contributed by atoms with van der Waals surface area (Å²) in [6, 6.07) is 3.41. The second kappa shape index (κ2) is 6.12. The number of aliphatic carboxylic acids is 1. The van der Waals surface area contributed by atoms with E-state index in [9.17, 15) is 27.9 Å². The van der Waals surface area contributed by atoms with Gasteiger partial charge in [-0.3, -0.25) is 9.59 Å². The molecule has 0 heterocycles. The van der Waals surface area contributed by atoms with E-state index in [1.165, 1.54) is 12.1 Å². The summed E-state index contributed by atoms with van der Waals surface area (Å²) in [6.07, 6.45) is -4.72. The minimum Gasteiger partial charge on any atom is -0.507 e. The lowest BCUT2D eigenvalue weighted by atomic mass is 10.2. The summed E-state index contributed by atoms with van der Waals surface area (Å²) in [7, 11) is 0. The van der Waals surface area contributed by atoms with Crippen LogP contribution in [0.3, 0.4) is 0 Å².